The van der Waals surface area contributed by atoms with E-state index < -0.39 is 0 Å². The van der Waals surface area contributed by atoms with Gasteiger partial charge in [0, 0.05) is 44.6 Å². The molecule has 114 valence electrons. The van der Waals surface area contributed by atoms with Crippen molar-refractivity contribution in [2.75, 3.05) is 32.8 Å². The van der Waals surface area contributed by atoms with Crippen LogP contribution >= 0.6 is 0 Å². The fourth-order valence-corrected chi connectivity index (χ4v) is 3.26. The van der Waals surface area contributed by atoms with Gasteiger partial charge in [-0.1, -0.05) is 30.3 Å². The fourth-order valence-electron chi connectivity index (χ4n) is 3.26. The van der Waals surface area contributed by atoms with Gasteiger partial charge in [0.2, 0.25) is 0 Å². The lowest BCUT2D eigenvalue weighted by atomic mass is 9.94. The Morgan fingerprint density at radius 2 is 2.14 bits per heavy atom. The molecule has 2 fully saturated rings. The van der Waals surface area contributed by atoms with Gasteiger partial charge >= 0.3 is 0 Å². The molecule has 1 spiro atoms. The monoisotopic (exact) mass is 289 g/mol. The van der Waals surface area contributed by atoms with Crippen molar-refractivity contribution in [2.24, 2.45) is 0 Å². The van der Waals surface area contributed by atoms with Crippen LogP contribution in [0.2, 0.25) is 0 Å². The lowest BCUT2D eigenvalue weighted by Gasteiger charge is -2.42. The molecule has 4 heteroatoms. The molecular formula is C17H23NO3. The van der Waals surface area contributed by atoms with Crippen LogP contribution in [0.1, 0.15) is 30.1 Å². The van der Waals surface area contributed by atoms with Crippen molar-refractivity contribution in [3.05, 3.63) is 35.9 Å². The molecule has 0 radical (unpaired) electrons. The van der Waals surface area contributed by atoms with Gasteiger partial charge in [0.05, 0.1) is 12.7 Å². The highest BCUT2D eigenvalue weighted by molar-refractivity contribution is 5.96. The van der Waals surface area contributed by atoms with E-state index in [2.05, 4.69) is 11.8 Å². The summed E-state index contributed by atoms with van der Waals surface area (Å²) in [6.07, 6.45) is 1.66. The normalized spacial score (nSPS) is 29.9. The van der Waals surface area contributed by atoms with Crippen molar-refractivity contribution in [2.45, 2.75) is 31.5 Å². The topological polar surface area (TPSA) is 38.8 Å². The van der Waals surface area contributed by atoms with E-state index in [1.54, 1.807) is 0 Å². The number of rotatable bonds is 4. The van der Waals surface area contributed by atoms with Crippen molar-refractivity contribution in [1.82, 2.24) is 4.90 Å². The summed E-state index contributed by atoms with van der Waals surface area (Å²) in [7, 11) is 0. The van der Waals surface area contributed by atoms with E-state index in [0.717, 1.165) is 44.8 Å². The number of ketones is 1. The van der Waals surface area contributed by atoms with E-state index >= 15 is 0 Å². The average molecular weight is 289 g/mol. The summed E-state index contributed by atoms with van der Waals surface area (Å²) in [5.74, 6) is 0.215. The Morgan fingerprint density at radius 3 is 2.86 bits per heavy atom. The SMILES string of the molecule is C[C@H]1OCC[C@]12CN(CCC(=O)c1ccccc1)CCO2. The van der Waals surface area contributed by atoms with Crippen LogP contribution in [0.25, 0.3) is 0 Å². The number of hydrogen-bond donors (Lipinski definition) is 0. The molecule has 0 aliphatic carbocycles. The van der Waals surface area contributed by atoms with Crippen LogP contribution in [0.15, 0.2) is 30.3 Å². The van der Waals surface area contributed by atoms with Gasteiger partial charge in [0.25, 0.3) is 0 Å². The van der Waals surface area contributed by atoms with Gasteiger partial charge in [0.1, 0.15) is 5.60 Å². The summed E-state index contributed by atoms with van der Waals surface area (Å²) in [4.78, 5) is 14.5. The molecule has 0 unspecified atom stereocenters. The molecule has 2 aliphatic rings. The van der Waals surface area contributed by atoms with Gasteiger partial charge in [-0.3, -0.25) is 9.69 Å². The number of nitrogens with zero attached hydrogens (tertiary/aromatic N) is 1. The van der Waals surface area contributed by atoms with E-state index in [1.807, 2.05) is 30.3 Å². The maximum absolute atomic E-state index is 12.2. The first kappa shape index (κ1) is 14.7. The van der Waals surface area contributed by atoms with Crippen molar-refractivity contribution in [3.63, 3.8) is 0 Å². The van der Waals surface area contributed by atoms with Crippen molar-refractivity contribution < 1.29 is 14.3 Å². The van der Waals surface area contributed by atoms with E-state index in [9.17, 15) is 4.79 Å². The van der Waals surface area contributed by atoms with Crippen LogP contribution in [-0.4, -0.2) is 55.2 Å². The summed E-state index contributed by atoms with van der Waals surface area (Å²) < 4.78 is 11.7. The van der Waals surface area contributed by atoms with Crippen LogP contribution in [0, 0.1) is 0 Å². The Hall–Kier alpha value is -1.23. The maximum atomic E-state index is 12.2. The second-order valence-corrected chi connectivity index (χ2v) is 5.99. The Kier molecular flexibility index (Phi) is 4.38. The predicted octanol–water partition coefficient (Wildman–Crippen LogP) is 2.14. The minimum Gasteiger partial charge on any atom is -0.375 e. The number of hydrogen-bond acceptors (Lipinski definition) is 4. The second kappa shape index (κ2) is 6.26. The van der Waals surface area contributed by atoms with Gasteiger partial charge < -0.3 is 9.47 Å². The highest BCUT2D eigenvalue weighted by Gasteiger charge is 2.45. The highest BCUT2D eigenvalue weighted by atomic mass is 16.6. The largest absolute Gasteiger partial charge is 0.375 e. The molecule has 1 aromatic carbocycles. The van der Waals surface area contributed by atoms with Gasteiger partial charge in [-0.2, -0.15) is 0 Å². The van der Waals surface area contributed by atoms with Crippen LogP contribution in [0.5, 0.6) is 0 Å². The van der Waals surface area contributed by atoms with Gasteiger partial charge in [-0.05, 0) is 6.92 Å². The summed E-state index contributed by atoms with van der Waals surface area (Å²) in [6, 6.07) is 9.53. The summed E-state index contributed by atoms with van der Waals surface area (Å²) in [6.45, 7) is 6.16. The van der Waals surface area contributed by atoms with Crippen molar-refractivity contribution in [3.8, 4) is 0 Å². The number of benzene rings is 1. The van der Waals surface area contributed by atoms with E-state index in [-0.39, 0.29) is 17.5 Å². The maximum Gasteiger partial charge on any atom is 0.164 e. The standard InChI is InChI=1S/C17H23NO3/c1-14-17(8-11-20-14)13-18(10-12-21-17)9-7-16(19)15-5-3-2-4-6-15/h2-6,14H,7-13H2,1H3/t14-,17+/m1/s1. The van der Waals surface area contributed by atoms with Gasteiger partial charge in [-0.15, -0.1) is 0 Å². The number of carbonyl (C=O) groups is 1. The third-order valence-corrected chi connectivity index (χ3v) is 4.67. The van der Waals surface area contributed by atoms with E-state index in [4.69, 9.17) is 9.47 Å². The second-order valence-electron chi connectivity index (χ2n) is 5.99. The van der Waals surface area contributed by atoms with E-state index in [0.29, 0.717) is 6.42 Å². The zero-order chi connectivity index (χ0) is 14.7. The molecule has 2 saturated heterocycles. The minimum atomic E-state index is -0.159. The number of Topliss-reactive ketones (excluding diaryl/α,β-unsaturated/α-hetero) is 1. The quantitative estimate of drug-likeness (QED) is 0.796. The molecule has 2 aliphatic heterocycles. The molecule has 1 aromatic rings. The molecule has 2 atom stereocenters. The average Bonchev–Trinajstić information content (AvgIpc) is 2.86. The number of morpholine rings is 1. The van der Waals surface area contributed by atoms with E-state index in [1.165, 1.54) is 0 Å². The third kappa shape index (κ3) is 3.18. The van der Waals surface area contributed by atoms with Gasteiger partial charge in [-0.25, -0.2) is 0 Å². The molecule has 3 rings (SSSR count). The minimum absolute atomic E-state index is 0.144. The van der Waals surface area contributed by atoms with Crippen molar-refractivity contribution >= 4 is 5.78 Å². The highest BCUT2D eigenvalue weighted by Crippen LogP contribution is 2.33. The Labute approximate surface area is 126 Å². The van der Waals surface area contributed by atoms with Gasteiger partial charge in [0.15, 0.2) is 5.78 Å². The Bertz CT molecular complexity index is 490. The van der Waals surface area contributed by atoms with Crippen LogP contribution in [-0.2, 0) is 9.47 Å². The first-order valence-corrected chi connectivity index (χ1v) is 7.76. The lowest BCUT2D eigenvalue weighted by molar-refractivity contribution is -0.134. The summed E-state index contributed by atoms with van der Waals surface area (Å²) in [5, 5.41) is 0. The smallest absolute Gasteiger partial charge is 0.164 e. The summed E-state index contributed by atoms with van der Waals surface area (Å²) in [5.41, 5.74) is 0.645. The molecule has 0 amide bonds. The first-order valence-electron chi connectivity index (χ1n) is 7.76. The third-order valence-electron chi connectivity index (χ3n) is 4.67. The molecule has 0 bridgehead atoms. The predicted molar refractivity (Wildman–Crippen MR) is 80.5 cm³/mol. The number of ether oxygens (including phenoxy) is 2. The molecule has 4 nitrogen and oxygen atoms in total. The zero-order valence-corrected chi connectivity index (χ0v) is 12.6. The molecule has 0 aromatic heterocycles. The molecule has 0 saturated carbocycles. The zero-order valence-electron chi connectivity index (χ0n) is 12.6. The van der Waals surface area contributed by atoms with Crippen LogP contribution in [0.3, 0.4) is 0 Å². The van der Waals surface area contributed by atoms with Crippen LogP contribution < -0.4 is 0 Å². The van der Waals surface area contributed by atoms with Crippen LogP contribution in [0.4, 0.5) is 0 Å². The molecular weight excluding hydrogens is 266 g/mol. The Morgan fingerprint density at radius 1 is 1.33 bits per heavy atom. The molecule has 2 heterocycles. The van der Waals surface area contributed by atoms with Crippen molar-refractivity contribution in [1.29, 1.82) is 0 Å². The molecule has 0 N–H and O–H groups in total. The number of carbonyl (C=O) groups excluding carboxylic acids is 1. The fraction of sp³-hybridized carbons (Fsp3) is 0.588. The lowest BCUT2D eigenvalue weighted by Crippen LogP contribution is -2.55. The first-order chi connectivity index (χ1) is 10.2. The summed E-state index contributed by atoms with van der Waals surface area (Å²) >= 11 is 0. The molecule has 21 heavy (non-hydrogen) atoms. The Balaban J connectivity index is 1.55.